The molecule has 1 aliphatic carbocycles. The van der Waals surface area contributed by atoms with Gasteiger partial charge in [-0.3, -0.25) is 4.79 Å². The molecule has 1 aliphatic rings. The second-order valence-electron chi connectivity index (χ2n) is 8.97. The number of ketones is 1. The molecule has 1 N–H and O–H groups in total. The molecule has 8 nitrogen and oxygen atoms in total. The Hall–Kier alpha value is -4.12. The molecule has 2 aromatic carbocycles. The smallest absolute Gasteiger partial charge is 0.217 e. The highest BCUT2D eigenvalue weighted by molar-refractivity contribution is 5.94. The lowest BCUT2D eigenvalue weighted by Crippen LogP contribution is -2.24. The van der Waals surface area contributed by atoms with Crippen molar-refractivity contribution in [3.05, 3.63) is 66.2 Å². The van der Waals surface area contributed by atoms with Crippen LogP contribution in [0.3, 0.4) is 0 Å². The summed E-state index contributed by atoms with van der Waals surface area (Å²) in [6.45, 7) is 2.41. The maximum absolute atomic E-state index is 13.0. The second kappa shape index (κ2) is 10.4. The zero-order valence-electron chi connectivity index (χ0n) is 19.7. The molecule has 0 aliphatic heterocycles. The van der Waals surface area contributed by atoms with Crippen LogP contribution < -0.4 is 0 Å². The summed E-state index contributed by atoms with van der Waals surface area (Å²) < 4.78 is 1.73. The van der Waals surface area contributed by atoms with Crippen molar-refractivity contribution in [2.24, 2.45) is 11.8 Å². The van der Waals surface area contributed by atoms with E-state index in [1.165, 1.54) is 0 Å². The standard InChI is InChI=1S/C27H27N7O/c1-2-3-7-19-8-6-9-22(16-19)25(35)27-28-18-34(31-27)17-20-12-14-21(15-13-20)23-10-4-5-11-24(23)26-29-32-33-30-26/h4-5,10-15,18-19,22H,6-9,16-17H2,1H3,(H,29,30,32,33). The number of nitrogens with one attached hydrogen (secondary N) is 1. The first-order chi connectivity index (χ1) is 17.2. The zero-order valence-corrected chi connectivity index (χ0v) is 19.7. The van der Waals surface area contributed by atoms with Gasteiger partial charge in [0, 0.05) is 17.9 Å². The number of aromatic nitrogens is 7. The predicted octanol–water partition coefficient (Wildman–Crippen LogP) is 4.58. The van der Waals surface area contributed by atoms with Gasteiger partial charge in [-0.25, -0.2) is 9.67 Å². The lowest BCUT2D eigenvalue weighted by molar-refractivity contribution is 0.0853. The van der Waals surface area contributed by atoms with E-state index in [-0.39, 0.29) is 11.7 Å². The lowest BCUT2D eigenvalue weighted by atomic mass is 9.78. The van der Waals surface area contributed by atoms with Crippen molar-refractivity contribution in [2.45, 2.75) is 45.6 Å². The van der Waals surface area contributed by atoms with Crippen LogP contribution in [-0.2, 0) is 6.54 Å². The Balaban J connectivity index is 1.26. The number of hydrogen-bond acceptors (Lipinski definition) is 6. The molecule has 2 heterocycles. The van der Waals surface area contributed by atoms with Crippen LogP contribution >= 0.6 is 0 Å². The Morgan fingerprint density at radius 1 is 1.11 bits per heavy atom. The highest BCUT2D eigenvalue weighted by Gasteiger charge is 2.29. The average molecular weight is 466 g/mol. The van der Waals surface area contributed by atoms with Crippen molar-refractivity contribution < 1.29 is 4.79 Å². The van der Waals surface area contributed by atoms with Gasteiger partial charge in [0.25, 0.3) is 0 Å². The summed E-state index contributed by atoms with van der Waals surface area (Å²) in [5, 5.41) is 18.9. The minimum Gasteiger partial charge on any atom is -0.290 e. The highest BCUT2D eigenvalue weighted by Crippen LogP contribution is 2.33. The SMILES string of the molecule is CC#CCC1CCCC(C(=O)c2ncn(Cc3ccc(-c4ccccc4-c4nn[nH]n4)cc3)n2)C1. The molecule has 5 rings (SSSR count). The first-order valence-electron chi connectivity index (χ1n) is 12.0. The summed E-state index contributed by atoms with van der Waals surface area (Å²) in [5.41, 5.74) is 4.08. The Kier molecular flexibility index (Phi) is 6.75. The van der Waals surface area contributed by atoms with Crippen LogP contribution in [0.4, 0.5) is 0 Å². The van der Waals surface area contributed by atoms with Gasteiger partial charge < -0.3 is 0 Å². The van der Waals surface area contributed by atoms with Gasteiger partial charge in [-0.15, -0.1) is 27.1 Å². The number of H-pyrrole nitrogens is 1. The molecule has 8 heteroatoms. The normalized spacial score (nSPS) is 17.5. The number of carbonyl (C=O) groups is 1. The largest absolute Gasteiger partial charge is 0.290 e. The summed E-state index contributed by atoms with van der Waals surface area (Å²) in [7, 11) is 0. The van der Waals surface area contributed by atoms with Crippen molar-refractivity contribution in [3.8, 4) is 34.4 Å². The van der Waals surface area contributed by atoms with Crippen molar-refractivity contribution in [2.75, 3.05) is 0 Å². The molecule has 4 aromatic rings. The van der Waals surface area contributed by atoms with Crippen LogP contribution in [0, 0.1) is 23.7 Å². The number of carbonyl (C=O) groups excluding carboxylic acids is 1. The van der Waals surface area contributed by atoms with Gasteiger partial charge in [0.05, 0.1) is 6.54 Å². The van der Waals surface area contributed by atoms with Crippen LogP contribution in [0.25, 0.3) is 22.5 Å². The van der Waals surface area contributed by atoms with Crippen LogP contribution in [0.2, 0.25) is 0 Å². The van der Waals surface area contributed by atoms with Gasteiger partial charge in [-0.05, 0) is 54.0 Å². The maximum atomic E-state index is 13.0. The number of Topliss-reactive ketones (excluding diaryl/α,β-unsaturated/α-hetero) is 1. The molecule has 1 saturated carbocycles. The van der Waals surface area contributed by atoms with E-state index in [2.05, 4.69) is 66.8 Å². The minimum absolute atomic E-state index is 0.00168. The van der Waals surface area contributed by atoms with E-state index in [0.29, 0.717) is 24.1 Å². The van der Waals surface area contributed by atoms with Gasteiger partial charge in [-0.1, -0.05) is 55.0 Å². The highest BCUT2D eigenvalue weighted by atomic mass is 16.1. The monoisotopic (exact) mass is 465 g/mol. The predicted molar refractivity (Wildman–Crippen MR) is 132 cm³/mol. The molecule has 176 valence electrons. The summed E-state index contributed by atoms with van der Waals surface area (Å²) in [5.74, 6) is 7.58. The fourth-order valence-corrected chi connectivity index (χ4v) is 4.81. The van der Waals surface area contributed by atoms with E-state index < -0.39 is 0 Å². The molecule has 2 unspecified atom stereocenters. The number of aromatic amines is 1. The number of hydrogen-bond donors (Lipinski definition) is 1. The fraction of sp³-hybridized carbons (Fsp3) is 0.333. The summed E-state index contributed by atoms with van der Waals surface area (Å²) >= 11 is 0. The molecular formula is C27H27N7O. The molecule has 0 amide bonds. The lowest BCUT2D eigenvalue weighted by Gasteiger charge is -2.26. The number of nitrogens with zero attached hydrogens (tertiary/aromatic N) is 6. The first kappa shape index (κ1) is 22.7. The van der Waals surface area contributed by atoms with E-state index in [9.17, 15) is 4.79 Å². The third-order valence-corrected chi connectivity index (χ3v) is 6.60. The maximum Gasteiger partial charge on any atom is 0.217 e. The van der Waals surface area contributed by atoms with Crippen LogP contribution in [0.15, 0.2) is 54.9 Å². The van der Waals surface area contributed by atoms with E-state index in [4.69, 9.17) is 0 Å². The van der Waals surface area contributed by atoms with E-state index in [1.807, 2.05) is 31.2 Å². The second-order valence-corrected chi connectivity index (χ2v) is 8.97. The van der Waals surface area contributed by atoms with Crippen molar-refractivity contribution in [3.63, 3.8) is 0 Å². The Bertz CT molecular complexity index is 1350. The summed E-state index contributed by atoms with van der Waals surface area (Å²) in [6, 6.07) is 16.2. The zero-order chi connectivity index (χ0) is 24.0. The fourth-order valence-electron chi connectivity index (χ4n) is 4.81. The Morgan fingerprint density at radius 3 is 2.71 bits per heavy atom. The number of benzene rings is 2. The Labute approximate surface area is 204 Å². The molecule has 2 atom stereocenters. The topological polar surface area (TPSA) is 102 Å². The van der Waals surface area contributed by atoms with Crippen LogP contribution in [-0.4, -0.2) is 41.2 Å². The first-order valence-corrected chi connectivity index (χ1v) is 12.0. The van der Waals surface area contributed by atoms with Crippen LogP contribution in [0.1, 0.15) is 55.2 Å². The third kappa shape index (κ3) is 5.19. The van der Waals surface area contributed by atoms with Gasteiger partial charge in [-0.2, -0.15) is 5.21 Å². The van der Waals surface area contributed by atoms with E-state index in [0.717, 1.165) is 54.4 Å². The quantitative estimate of drug-likeness (QED) is 0.317. The number of tetrazole rings is 1. The van der Waals surface area contributed by atoms with Gasteiger partial charge in [0.2, 0.25) is 17.4 Å². The molecule has 0 spiro atoms. The molecule has 2 aromatic heterocycles. The molecule has 0 radical (unpaired) electrons. The Morgan fingerprint density at radius 2 is 1.94 bits per heavy atom. The van der Waals surface area contributed by atoms with Crippen molar-refractivity contribution in [1.82, 2.24) is 35.4 Å². The van der Waals surface area contributed by atoms with Gasteiger partial charge in [0.15, 0.2) is 0 Å². The van der Waals surface area contributed by atoms with E-state index in [1.54, 1.807) is 11.0 Å². The minimum atomic E-state index is 0.00168. The average Bonchev–Trinajstić information content (AvgIpc) is 3.61. The van der Waals surface area contributed by atoms with Gasteiger partial charge >= 0.3 is 0 Å². The molecule has 0 bridgehead atoms. The van der Waals surface area contributed by atoms with Crippen LogP contribution in [0.5, 0.6) is 0 Å². The van der Waals surface area contributed by atoms with Gasteiger partial charge in [0.1, 0.15) is 6.33 Å². The molecule has 1 fully saturated rings. The molecular weight excluding hydrogens is 438 g/mol. The van der Waals surface area contributed by atoms with E-state index >= 15 is 0 Å². The summed E-state index contributed by atoms with van der Waals surface area (Å²) in [6.07, 6.45) is 6.53. The number of rotatable bonds is 7. The van der Waals surface area contributed by atoms with Crippen molar-refractivity contribution in [1.29, 1.82) is 0 Å². The summed E-state index contributed by atoms with van der Waals surface area (Å²) in [4.78, 5) is 17.4. The molecule has 35 heavy (non-hydrogen) atoms. The molecule has 0 saturated heterocycles. The third-order valence-electron chi connectivity index (χ3n) is 6.60. The van der Waals surface area contributed by atoms with Crippen molar-refractivity contribution >= 4 is 5.78 Å².